The van der Waals surface area contributed by atoms with Crippen molar-refractivity contribution in [2.24, 2.45) is 0 Å². The first-order valence-electron chi connectivity index (χ1n) is 8.44. The van der Waals surface area contributed by atoms with Crippen LogP contribution in [0.4, 0.5) is 28.9 Å². The van der Waals surface area contributed by atoms with Crippen LogP contribution in [0, 0.1) is 40.3 Å². The highest BCUT2D eigenvalue weighted by Crippen LogP contribution is 2.34. The van der Waals surface area contributed by atoms with Gasteiger partial charge in [0.1, 0.15) is 10.7 Å². The maximum Gasteiger partial charge on any atom is 0.273 e. The Morgan fingerprint density at radius 1 is 1.03 bits per heavy atom. The summed E-state index contributed by atoms with van der Waals surface area (Å²) in [6.07, 6.45) is 0. The number of hydrogen-bond acceptors (Lipinski definition) is 4. The van der Waals surface area contributed by atoms with E-state index in [2.05, 4.69) is 0 Å². The third-order valence-corrected chi connectivity index (χ3v) is 5.13. The molecule has 3 rings (SSSR count). The van der Waals surface area contributed by atoms with Gasteiger partial charge in [-0.15, -0.1) is 0 Å². The number of hydrogen-bond donors (Lipinski definition) is 0. The lowest BCUT2D eigenvalue weighted by Crippen LogP contribution is -2.49. The fraction of sp³-hybridized carbons (Fsp3) is 0.278. The number of carbonyl (C=O) groups excluding carboxylic acids is 1. The van der Waals surface area contributed by atoms with Crippen molar-refractivity contribution in [3.8, 4) is 0 Å². The van der Waals surface area contributed by atoms with E-state index in [1.807, 2.05) is 0 Å². The summed E-state index contributed by atoms with van der Waals surface area (Å²) in [6.45, 7) is 1.23. The molecule has 0 saturated carbocycles. The lowest BCUT2D eigenvalue weighted by molar-refractivity contribution is -0.385. The predicted molar refractivity (Wildman–Crippen MR) is 97.2 cm³/mol. The minimum absolute atomic E-state index is 0.00822. The first-order chi connectivity index (χ1) is 13.6. The Labute approximate surface area is 167 Å². The van der Waals surface area contributed by atoms with Gasteiger partial charge >= 0.3 is 0 Å². The summed E-state index contributed by atoms with van der Waals surface area (Å²) in [6, 6.07) is 4.11. The molecule has 1 heterocycles. The van der Waals surface area contributed by atoms with Crippen molar-refractivity contribution in [1.82, 2.24) is 4.90 Å². The third-order valence-electron chi connectivity index (χ3n) is 4.80. The normalized spacial score (nSPS) is 14.3. The summed E-state index contributed by atoms with van der Waals surface area (Å²) in [5.74, 6) is -7.08. The molecular formula is C18H14ClF4N3O3. The minimum atomic E-state index is -1.69. The van der Waals surface area contributed by atoms with Crippen molar-refractivity contribution in [1.29, 1.82) is 0 Å². The summed E-state index contributed by atoms with van der Waals surface area (Å²) in [7, 11) is 0. The van der Waals surface area contributed by atoms with Crippen LogP contribution in [0.15, 0.2) is 18.2 Å². The molecule has 1 saturated heterocycles. The second-order valence-corrected chi connectivity index (χ2v) is 6.78. The molecule has 0 aromatic heterocycles. The maximum atomic E-state index is 14.1. The molecule has 2 aromatic carbocycles. The van der Waals surface area contributed by atoms with E-state index < -0.39 is 44.8 Å². The Kier molecular flexibility index (Phi) is 5.65. The largest absolute Gasteiger partial charge is 0.363 e. The van der Waals surface area contributed by atoms with Crippen LogP contribution < -0.4 is 4.90 Å². The maximum absolute atomic E-state index is 14.1. The molecule has 0 atom stereocenters. The number of amides is 1. The fourth-order valence-corrected chi connectivity index (χ4v) is 3.39. The van der Waals surface area contributed by atoms with Gasteiger partial charge in [0.05, 0.1) is 4.92 Å². The first kappa shape index (κ1) is 20.8. The molecule has 29 heavy (non-hydrogen) atoms. The summed E-state index contributed by atoms with van der Waals surface area (Å²) < 4.78 is 55.7. The molecule has 0 unspecified atom stereocenters. The SMILES string of the molecule is Cc1c(C(=O)N2CCN(c3c(F)c(F)c(Cl)c(F)c3F)CC2)cccc1[N+](=O)[O-]. The highest BCUT2D eigenvalue weighted by molar-refractivity contribution is 6.31. The molecule has 0 spiro atoms. The van der Waals surface area contributed by atoms with Gasteiger partial charge in [0, 0.05) is 43.4 Å². The Morgan fingerprint density at radius 2 is 1.59 bits per heavy atom. The van der Waals surface area contributed by atoms with Gasteiger partial charge in [-0.2, -0.15) is 0 Å². The van der Waals surface area contributed by atoms with E-state index in [-0.39, 0.29) is 43.0 Å². The number of carbonyl (C=O) groups is 1. The minimum Gasteiger partial charge on any atom is -0.363 e. The number of rotatable bonds is 3. The molecule has 1 fully saturated rings. The molecular weight excluding hydrogens is 418 g/mol. The molecule has 1 aliphatic heterocycles. The molecule has 0 radical (unpaired) electrons. The van der Waals surface area contributed by atoms with E-state index in [1.165, 1.54) is 30.0 Å². The van der Waals surface area contributed by atoms with Crippen molar-refractivity contribution < 1.29 is 27.3 Å². The average Bonchev–Trinajstić information content (AvgIpc) is 2.71. The summed E-state index contributed by atoms with van der Waals surface area (Å²) >= 11 is 5.23. The lowest BCUT2D eigenvalue weighted by Gasteiger charge is -2.36. The van der Waals surface area contributed by atoms with Crippen LogP contribution >= 0.6 is 11.6 Å². The van der Waals surface area contributed by atoms with Crippen molar-refractivity contribution in [3.63, 3.8) is 0 Å². The van der Waals surface area contributed by atoms with Crippen LogP contribution in [0.3, 0.4) is 0 Å². The van der Waals surface area contributed by atoms with Crippen molar-refractivity contribution in [3.05, 3.63) is 67.7 Å². The van der Waals surface area contributed by atoms with Crippen LogP contribution in [-0.2, 0) is 0 Å². The molecule has 11 heteroatoms. The monoisotopic (exact) mass is 431 g/mol. The van der Waals surface area contributed by atoms with E-state index in [1.54, 1.807) is 0 Å². The van der Waals surface area contributed by atoms with Gasteiger partial charge in [-0.05, 0) is 13.0 Å². The smallest absolute Gasteiger partial charge is 0.273 e. The number of anilines is 1. The highest BCUT2D eigenvalue weighted by atomic mass is 35.5. The van der Waals surface area contributed by atoms with Gasteiger partial charge in [0.25, 0.3) is 11.6 Å². The second kappa shape index (κ2) is 7.86. The number of piperazine rings is 1. The summed E-state index contributed by atoms with van der Waals surface area (Å²) in [4.78, 5) is 25.6. The molecule has 0 N–H and O–H groups in total. The van der Waals surface area contributed by atoms with Gasteiger partial charge < -0.3 is 9.80 Å². The van der Waals surface area contributed by atoms with Gasteiger partial charge in [-0.3, -0.25) is 14.9 Å². The molecule has 6 nitrogen and oxygen atoms in total. The number of nitrogens with zero attached hydrogens (tertiary/aromatic N) is 3. The van der Waals surface area contributed by atoms with E-state index in [9.17, 15) is 32.5 Å². The van der Waals surface area contributed by atoms with Crippen LogP contribution in [0.25, 0.3) is 0 Å². The van der Waals surface area contributed by atoms with E-state index in [4.69, 9.17) is 11.6 Å². The van der Waals surface area contributed by atoms with Crippen LogP contribution in [0.2, 0.25) is 5.02 Å². The summed E-state index contributed by atoms with van der Waals surface area (Å²) in [5, 5.41) is 9.78. The molecule has 1 aliphatic rings. The van der Waals surface area contributed by atoms with Gasteiger partial charge in [0.15, 0.2) is 23.3 Å². The molecule has 1 amide bonds. The van der Waals surface area contributed by atoms with Crippen molar-refractivity contribution >= 4 is 28.9 Å². The number of nitro groups is 1. The lowest BCUT2D eigenvalue weighted by atomic mass is 10.1. The molecule has 0 bridgehead atoms. The second-order valence-electron chi connectivity index (χ2n) is 6.40. The van der Waals surface area contributed by atoms with Gasteiger partial charge in [-0.25, -0.2) is 17.6 Å². The Morgan fingerprint density at radius 3 is 2.10 bits per heavy atom. The van der Waals surface area contributed by atoms with E-state index >= 15 is 0 Å². The van der Waals surface area contributed by atoms with Crippen LogP contribution in [-0.4, -0.2) is 41.9 Å². The standard InChI is InChI=1S/C18H14ClF4N3O3/c1-9-10(3-2-4-11(9)26(28)29)18(27)25-7-5-24(6-8-25)17-15(22)13(20)12(19)14(21)16(17)23/h2-4H,5-8H2,1H3. The Hall–Kier alpha value is -2.88. The van der Waals surface area contributed by atoms with E-state index in [0.717, 1.165) is 4.90 Å². The number of nitro benzene ring substituents is 1. The molecule has 0 aliphatic carbocycles. The van der Waals surface area contributed by atoms with Gasteiger partial charge in [0.2, 0.25) is 0 Å². The Balaban J connectivity index is 1.81. The van der Waals surface area contributed by atoms with Crippen molar-refractivity contribution in [2.75, 3.05) is 31.1 Å². The number of halogens is 5. The highest BCUT2D eigenvalue weighted by Gasteiger charge is 2.31. The topological polar surface area (TPSA) is 66.7 Å². The van der Waals surface area contributed by atoms with Gasteiger partial charge in [-0.1, -0.05) is 17.7 Å². The Bertz CT molecular complexity index is 981. The van der Waals surface area contributed by atoms with E-state index in [0.29, 0.717) is 0 Å². The van der Waals surface area contributed by atoms with Crippen LogP contribution in [0.1, 0.15) is 15.9 Å². The van der Waals surface area contributed by atoms with Crippen LogP contribution in [0.5, 0.6) is 0 Å². The quantitative estimate of drug-likeness (QED) is 0.241. The molecule has 2 aromatic rings. The summed E-state index contributed by atoms with van der Waals surface area (Å²) in [5.41, 5.74) is -0.758. The number of benzene rings is 2. The fourth-order valence-electron chi connectivity index (χ4n) is 3.23. The zero-order valence-corrected chi connectivity index (χ0v) is 15.8. The zero-order chi connectivity index (χ0) is 21.5. The zero-order valence-electron chi connectivity index (χ0n) is 15.0. The third kappa shape index (κ3) is 3.59. The van der Waals surface area contributed by atoms with Crippen molar-refractivity contribution in [2.45, 2.75) is 6.92 Å². The first-order valence-corrected chi connectivity index (χ1v) is 8.82. The predicted octanol–water partition coefficient (Wildman–Crippen LogP) is 4.08. The molecule has 154 valence electrons. The average molecular weight is 432 g/mol.